The number of hydrogen-bond donors (Lipinski definition) is 0. The standard InChI is InChI=1S/C24H26N4O2.C2N2O/c1-26-22-21(23(29)27(2)24(26)30)28(17-25-22)16-10-9-15-20(18-11-5-3-6-12-18)19-13-7-4-8-14-19;3-1-2(3)5-4-1/h3-8,11-14,17,20H,9-10,15-16H2,1-2H3;. The van der Waals surface area contributed by atoms with E-state index in [1.165, 1.54) is 22.7 Å². The fourth-order valence-corrected chi connectivity index (χ4v) is 4.33. The molecule has 0 unspecified atom stereocenters. The van der Waals surface area contributed by atoms with E-state index < -0.39 is 0 Å². The van der Waals surface area contributed by atoms with Gasteiger partial charge in [0, 0.05) is 26.6 Å². The summed E-state index contributed by atoms with van der Waals surface area (Å²) in [5, 5.41) is 3.36. The highest BCUT2D eigenvalue weighted by molar-refractivity contribution is 5.69. The summed E-state index contributed by atoms with van der Waals surface area (Å²) < 4.78 is 8.78. The van der Waals surface area contributed by atoms with Gasteiger partial charge in [-0.25, -0.2) is 9.78 Å². The molecule has 2 aliphatic rings. The lowest BCUT2D eigenvalue weighted by atomic mass is 9.87. The molecule has 6 rings (SSSR count). The third-order valence-corrected chi connectivity index (χ3v) is 6.33. The summed E-state index contributed by atoms with van der Waals surface area (Å²) in [6, 6.07) is 21.2. The molecule has 178 valence electrons. The fourth-order valence-electron chi connectivity index (χ4n) is 4.33. The molecule has 4 heterocycles. The van der Waals surface area contributed by atoms with Crippen LogP contribution in [-0.2, 0) is 20.6 Å². The Labute approximate surface area is 201 Å². The fraction of sp³-hybridized carbons (Fsp3) is 0.269. The Balaban J connectivity index is 0.000000442. The molecule has 0 saturated heterocycles. The molecule has 0 bridgehead atoms. The van der Waals surface area contributed by atoms with Gasteiger partial charge in [-0.3, -0.25) is 13.9 Å². The highest BCUT2D eigenvalue weighted by atomic mass is 16.5. The molecule has 4 aromatic rings. The highest BCUT2D eigenvalue weighted by Crippen LogP contribution is 2.29. The van der Waals surface area contributed by atoms with Crippen molar-refractivity contribution in [2.24, 2.45) is 14.1 Å². The van der Waals surface area contributed by atoms with Gasteiger partial charge in [0.1, 0.15) is 0 Å². The third-order valence-electron chi connectivity index (χ3n) is 6.33. The van der Waals surface area contributed by atoms with Crippen molar-refractivity contribution in [2.75, 3.05) is 0 Å². The van der Waals surface area contributed by atoms with E-state index in [1.54, 1.807) is 13.4 Å². The van der Waals surface area contributed by atoms with Crippen molar-refractivity contribution in [1.29, 1.82) is 0 Å². The molecule has 0 amide bonds. The van der Waals surface area contributed by atoms with Gasteiger partial charge < -0.3 is 9.09 Å². The van der Waals surface area contributed by atoms with E-state index in [9.17, 15) is 9.59 Å². The molecule has 0 atom stereocenters. The van der Waals surface area contributed by atoms with E-state index in [0.717, 1.165) is 35.5 Å². The maximum atomic E-state index is 12.6. The number of rotatable bonds is 7. The molecule has 0 N–H and O–H groups in total. The summed E-state index contributed by atoms with van der Waals surface area (Å²) in [5.74, 6) is 1.87. The maximum Gasteiger partial charge on any atom is 0.332 e. The second kappa shape index (κ2) is 9.54. The van der Waals surface area contributed by atoms with E-state index in [1.807, 2.05) is 16.7 Å². The van der Waals surface area contributed by atoms with Crippen LogP contribution in [0.25, 0.3) is 22.9 Å². The molecule has 0 aliphatic carbocycles. The minimum Gasteiger partial charge on any atom is -0.330 e. The van der Waals surface area contributed by atoms with Crippen molar-refractivity contribution in [2.45, 2.75) is 31.7 Å². The highest BCUT2D eigenvalue weighted by Gasteiger charge is 2.25. The average molecular weight is 471 g/mol. The van der Waals surface area contributed by atoms with Crippen molar-refractivity contribution < 1.29 is 4.52 Å². The van der Waals surface area contributed by atoms with Crippen LogP contribution in [0.3, 0.4) is 0 Å². The Kier molecular flexibility index (Phi) is 6.13. The predicted octanol–water partition coefficient (Wildman–Crippen LogP) is 3.49. The van der Waals surface area contributed by atoms with E-state index in [2.05, 4.69) is 68.2 Å². The van der Waals surface area contributed by atoms with Gasteiger partial charge in [-0.15, -0.1) is 0 Å². The van der Waals surface area contributed by atoms with Gasteiger partial charge >= 0.3 is 5.69 Å². The van der Waals surface area contributed by atoms with Crippen LogP contribution >= 0.6 is 0 Å². The Morgan fingerprint density at radius 2 is 1.51 bits per heavy atom. The van der Waals surface area contributed by atoms with Crippen LogP contribution in [0, 0.1) is 0 Å². The lowest BCUT2D eigenvalue weighted by Gasteiger charge is -2.18. The molecule has 0 radical (unpaired) electrons. The molecule has 9 nitrogen and oxygen atoms in total. The number of aromatic nitrogens is 6. The number of fused-ring (bicyclic) bond motifs is 2. The zero-order valence-corrected chi connectivity index (χ0v) is 19.7. The molecule has 2 aliphatic heterocycles. The predicted molar refractivity (Wildman–Crippen MR) is 132 cm³/mol. The Morgan fingerprint density at radius 1 is 0.886 bits per heavy atom. The minimum atomic E-state index is -0.355. The van der Waals surface area contributed by atoms with Crippen LogP contribution in [0.4, 0.5) is 0 Å². The largest absolute Gasteiger partial charge is 0.332 e. The van der Waals surface area contributed by atoms with Gasteiger partial charge in [0.05, 0.1) is 6.33 Å². The average Bonchev–Trinajstić information content (AvgIpc) is 3.26. The zero-order valence-electron chi connectivity index (χ0n) is 19.7. The van der Waals surface area contributed by atoms with Gasteiger partial charge in [-0.1, -0.05) is 72.2 Å². The first-order valence-electron chi connectivity index (χ1n) is 11.6. The van der Waals surface area contributed by atoms with Gasteiger partial charge in [-0.05, 0) is 24.0 Å². The molecule has 2 aromatic carbocycles. The van der Waals surface area contributed by atoms with Crippen LogP contribution in [0.1, 0.15) is 36.3 Å². The van der Waals surface area contributed by atoms with Crippen LogP contribution in [0.15, 0.2) is 81.1 Å². The first-order valence-corrected chi connectivity index (χ1v) is 11.6. The monoisotopic (exact) mass is 470 g/mol. The van der Waals surface area contributed by atoms with Crippen LogP contribution in [0.2, 0.25) is 0 Å². The van der Waals surface area contributed by atoms with Crippen molar-refractivity contribution >= 4 is 11.2 Å². The summed E-state index contributed by atoms with van der Waals surface area (Å²) >= 11 is 0. The quantitative estimate of drug-likeness (QED) is 0.331. The van der Waals surface area contributed by atoms with Crippen molar-refractivity contribution in [3.63, 3.8) is 0 Å². The van der Waals surface area contributed by atoms with Crippen molar-refractivity contribution in [3.8, 4) is 11.7 Å². The van der Waals surface area contributed by atoms with Crippen LogP contribution < -0.4 is 11.2 Å². The summed E-state index contributed by atoms with van der Waals surface area (Å²) in [6.07, 6.45) is 4.63. The smallest absolute Gasteiger partial charge is 0.330 e. The first kappa shape index (κ1) is 22.5. The second-order valence-electron chi connectivity index (χ2n) is 8.61. The minimum absolute atomic E-state index is 0.294. The Hall–Kier alpha value is -4.27. The van der Waals surface area contributed by atoms with Gasteiger partial charge in [0.15, 0.2) is 11.2 Å². The number of benzene rings is 2. The van der Waals surface area contributed by atoms with Crippen molar-refractivity contribution in [1.82, 2.24) is 28.8 Å². The van der Waals surface area contributed by atoms with E-state index in [-0.39, 0.29) is 11.2 Å². The van der Waals surface area contributed by atoms with Crippen LogP contribution in [-0.4, -0.2) is 28.8 Å². The lowest BCUT2D eigenvalue weighted by molar-refractivity contribution is 0.393. The topological polar surface area (TPSA) is 101 Å². The van der Waals surface area contributed by atoms with Crippen LogP contribution in [0.5, 0.6) is 0 Å². The summed E-state index contributed by atoms with van der Waals surface area (Å²) in [6.45, 7) is 0.695. The molecule has 9 heteroatoms. The molecule has 2 aromatic heterocycles. The summed E-state index contributed by atoms with van der Waals surface area (Å²) in [7, 11) is 3.15. The number of aryl methyl sites for hydroxylation is 2. The number of unbranched alkanes of at least 4 members (excludes halogenated alkanes) is 1. The normalized spacial score (nSPS) is 11.5. The maximum absolute atomic E-state index is 12.6. The second-order valence-corrected chi connectivity index (χ2v) is 8.61. The first-order chi connectivity index (χ1) is 17.0. The number of nitrogens with zero attached hydrogens (tertiary/aromatic N) is 6. The Bertz CT molecular complexity index is 1500. The third kappa shape index (κ3) is 4.57. The Morgan fingerprint density at radius 3 is 2.03 bits per heavy atom. The molecule has 0 spiro atoms. The summed E-state index contributed by atoms with van der Waals surface area (Å²) in [5.41, 5.74) is 2.92. The van der Waals surface area contributed by atoms with E-state index >= 15 is 0 Å². The van der Waals surface area contributed by atoms with Gasteiger partial charge in [0.2, 0.25) is 0 Å². The van der Waals surface area contributed by atoms with Gasteiger partial charge in [0.25, 0.3) is 17.3 Å². The van der Waals surface area contributed by atoms with Gasteiger partial charge in [-0.2, -0.15) is 4.98 Å². The van der Waals surface area contributed by atoms with E-state index in [4.69, 9.17) is 0 Å². The molecular weight excluding hydrogens is 444 g/mol. The summed E-state index contributed by atoms with van der Waals surface area (Å²) in [4.78, 5) is 32.6. The zero-order chi connectivity index (χ0) is 24.4. The van der Waals surface area contributed by atoms with Crippen molar-refractivity contribution in [3.05, 3.63) is 99.0 Å². The number of hydrogen-bond acceptors (Lipinski definition) is 6. The SMILES string of the molecule is Cn1c(=O)c2c(ncn2CCCCC(c2ccccc2)c2ccccc2)n(C)c1=O.n1oc2nc1-2. The van der Waals surface area contributed by atoms with E-state index in [0.29, 0.717) is 23.6 Å². The number of imidazole rings is 1. The molecular formula is C26H26N6O3. The molecule has 0 saturated carbocycles. The molecule has 0 fully saturated rings. The molecule has 35 heavy (non-hydrogen) atoms. The lowest BCUT2D eigenvalue weighted by Crippen LogP contribution is -2.37.